The molecule has 0 atom stereocenters. The number of para-hydroxylation sites is 1. The number of nitrogens with zero attached hydrogens (tertiary/aromatic N) is 3. The Morgan fingerprint density at radius 1 is 1.15 bits per heavy atom. The highest BCUT2D eigenvalue weighted by atomic mass is 32.2. The lowest BCUT2D eigenvalue weighted by Crippen LogP contribution is -2.14. The highest BCUT2D eigenvalue weighted by Crippen LogP contribution is 2.24. The fourth-order valence-electron chi connectivity index (χ4n) is 2.78. The smallest absolute Gasteiger partial charge is 0.259 e. The average molecular weight is 384 g/mol. The monoisotopic (exact) mass is 384 g/mol. The van der Waals surface area contributed by atoms with Crippen LogP contribution in [-0.2, 0) is 12.2 Å². The molecule has 26 heavy (non-hydrogen) atoms. The number of H-pyrrole nitrogens is 1. The number of benzene rings is 1. The lowest BCUT2D eigenvalue weighted by Gasteiger charge is -2.03. The van der Waals surface area contributed by atoms with Crippen molar-refractivity contribution in [2.45, 2.75) is 30.7 Å². The van der Waals surface area contributed by atoms with Crippen LogP contribution in [-0.4, -0.2) is 19.4 Å². The summed E-state index contributed by atoms with van der Waals surface area (Å²) in [5.74, 6) is 0.471. The number of fused-ring (bicyclic) bond motifs is 3. The average Bonchev–Trinajstić information content (AvgIpc) is 2.98. The predicted molar refractivity (Wildman–Crippen MR) is 105 cm³/mol. The van der Waals surface area contributed by atoms with E-state index in [2.05, 4.69) is 15.0 Å². The highest BCUT2D eigenvalue weighted by Gasteiger charge is 2.10. The molecule has 0 saturated carbocycles. The summed E-state index contributed by atoms with van der Waals surface area (Å²) >= 11 is 2.87. The third-order valence-electron chi connectivity index (χ3n) is 3.88. The Labute approximate surface area is 157 Å². The molecular weight excluding hydrogens is 368 g/mol. The van der Waals surface area contributed by atoms with Gasteiger partial charge >= 0.3 is 0 Å². The molecule has 0 fully saturated rings. The molecule has 1 N–H and O–H groups in total. The van der Waals surface area contributed by atoms with Crippen molar-refractivity contribution in [3.05, 3.63) is 68.5 Å². The van der Waals surface area contributed by atoms with Gasteiger partial charge in [-0.2, -0.15) is 0 Å². The van der Waals surface area contributed by atoms with Crippen LogP contribution in [0.1, 0.15) is 24.7 Å². The minimum atomic E-state index is -0.154. The zero-order valence-corrected chi connectivity index (χ0v) is 15.7. The van der Waals surface area contributed by atoms with Crippen LogP contribution in [0.5, 0.6) is 0 Å². The first-order chi connectivity index (χ1) is 12.6. The zero-order valence-electron chi connectivity index (χ0n) is 14.1. The van der Waals surface area contributed by atoms with Crippen LogP contribution < -0.4 is 11.1 Å². The van der Waals surface area contributed by atoms with Crippen molar-refractivity contribution in [1.82, 2.24) is 19.4 Å². The molecule has 3 aromatic heterocycles. The van der Waals surface area contributed by atoms with Crippen LogP contribution in [0.15, 0.2) is 51.1 Å². The van der Waals surface area contributed by atoms with Crippen molar-refractivity contribution in [1.29, 1.82) is 0 Å². The summed E-state index contributed by atoms with van der Waals surface area (Å²) in [7, 11) is 0. The van der Waals surface area contributed by atoms with E-state index in [4.69, 9.17) is 0 Å². The Kier molecular flexibility index (Phi) is 4.60. The Balaban J connectivity index is 1.65. The zero-order chi connectivity index (χ0) is 18.1. The van der Waals surface area contributed by atoms with Gasteiger partial charge in [0.25, 0.3) is 11.1 Å². The van der Waals surface area contributed by atoms with Crippen LogP contribution in [0.4, 0.5) is 0 Å². The number of thiazole rings is 1. The molecule has 0 bridgehead atoms. The van der Waals surface area contributed by atoms with Crippen molar-refractivity contribution in [2.24, 2.45) is 0 Å². The Morgan fingerprint density at radius 3 is 2.85 bits per heavy atom. The molecule has 0 saturated heterocycles. The van der Waals surface area contributed by atoms with E-state index in [1.54, 1.807) is 10.5 Å². The summed E-state index contributed by atoms with van der Waals surface area (Å²) in [4.78, 5) is 36.8. The lowest BCUT2D eigenvalue weighted by molar-refractivity contribution is 0.815. The molecule has 6 nitrogen and oxygen atoms in total. The topological polar surface area (TPSA) is 80.1 Å². The van der Waals surface area contributed by atoms with E-state index in [0.29, 0.717) is 21.6 Å². The van der Waals surface area contributed by atoms with Crippen molar-refractivity contribution in [2.75, 3.05) is 0 Å². The highest BCUT2D eigenvalue weighted by molar-refractivity contribution is 7.98. The molecule has 0 unspecified atom stereocenters. The fraction of sp³-hybridized carbons (Fsp3) is 0.222. The SMILES string of the molecule is CCCc1cc(=O)[nH]c(SCc2cc(=O)n3c(n2)sc2ccccc23)n1. The summed E-state index contributed by atoms with van der Waals surface area (Å²) in [5.41, 5.74) is 2.09. The van der Waals surface area contributed by atoms with Crippen LogP contribution in [0.25, 0.3) is 15.2 Å². The van der Waals surface area contributed by atoms with E-state index in [0.717, 1.165) is 28.8 Å². The number of hydrogen-bond donors (Lipinski definition) is 1. The third kappa shape index (κ3) is 3.30. The van der Waals surface area contributed by atoms with E-state index >= 15 is 0 Å². The Hall–Kier alpha value is -2.45. The van der Waals surface area contributed by atoms with E-state index in [9.17, 15) is 9.59 Å². The first-order valence-electron chi connectivity index (χ1n) is 8.27. The molecule has 0 aliphatic rings. The van der Waals surface area contributed by atoms with Crippen LogP contribution >= 0.6 is 23.1 Å². The second-order valence-corrected chi connectivity index (χ2v) is 7.83. The maximum Gasteiger partial charge on any atom is 0.259 e. The molecule has 0 spiro atoms. The first kappa shape index (κ1) is 17.0. The maximum atomic E-state index is 12.5. The van der Waals surface area contributed by atoms with E-state index in [-0.39, 0.29) is 11.1 Å². The quantitative estimate of drug-likeness (QED) is 0.422. The Morgan fingerprint density at radius 2 is 2.00 bits per heavy atom. The second-order valence-electron chi connectivity index (χ2n) is 5.85. The van der Waals surface area contributed by atoms with Gasteiger partial charge in [-0.15, -0.1) is 0 Å². The van der Waals surface area contributed by atoms with Gasteiger partial charge in [0.2, 0.25) is 0 Å². The Bertz CT molecular complexity index is 1210. The number of aromatic amines is 1. The molecule has 0 radical (unpaired) electrons. The minimum Gasteiger partial charge on any atom is -0.301 e. The molecule has 1 aromatic carbocycles. The number of hydrogen-bond acceptors (Lipinski definition) is 6. The van der Waals surface area contributed by atoms with Gasteiger partial charge in [0, 0.05) is 23.6 Å². The van der Waals surface area contributed by atoms with Gasteiger partial charge in [0.05, 0.1) is 15.9 Å². The van der Waals surface area contributed by atoms with Crippen molar-refractivity contribution in [3.63, 3.8) is 0 Å². The van der Waals surface area contributed by atoms with E-state index in [1.807, 2.05) is 31.2 Å². The summed E-state index contributed by atoms with van der Waals surface area (Å²) in [6.07, 6.45) is 1.70. The van der Waals surface area contributed by atoms with E-state index in [1.165, 1.54) is 29.2 Å². The van der Waals surface area contributed by atoms with Crippen LogP contribution in [0.3, 0.4) is 0 Å². The fourth-order valence-corrected chi connectivity index (χ4v) is 4.61. The number of aryl methyl sites for hydroxylation is 1. The molecular formula is C18H16N4O2S2. The predicted octanol–water partition coefficient (Wildman–Crippen LogP) is 3.24. The molecule has 4 aromatic rings. The summed E-state index contributed by atoms with van der Waals surface area (Å²) in [5, 5.41) is 0.555. The number of rotatable bonds is 5. The largest absolute Gasteiger partial charge is 0.301 e. The van der Waals surface area contributed by atoms with Gasteiger partial charge in [-0.25, -0.2) is 9.97 Å². The second kappa shape index (κ2) is 7.05. The summed E-state index contributed by atoms with van der Waals surface area (Å²) < 4.78 is 2.66. The van der Waals surface area contributed by atoms with E-state index < -0.39 is 0 Å². The van der Waals surface area contributed by atoms with Gasteiger partial charge in [-0.1, -0.05) is 48.6 Å². The lowest BCUT2D eigenvalue weighted by atomic mass is 10.2. The number of nitrogens with one attached hydrogen (secondary N) is 1. The first-order valence-corrected chi connectivity index (χ1v) is 10.1. The van der Waals surface area contributed by atoms with Crippen molar-refractivity contribution >= 4 is 38.3 Å². The molecule has 0 amide bonds. The molecule has 0 aliphatic carbocycles. The van der Waals surface area contributed by atoms with Gasteiger partial charge in [0.15, 0.2) is 10.1 Å². The molecule has 0 aliphatic heterocycles. The maximum absolute atomic E-state index is 12.5. The van der Waals surface area contributed by atoms with Crippen LogP contribution in [0.2, 0.25) is 0 Å². The normalized spacial score (nSPS) is 11.4. The molecule has 8 heteroatoms. The summed E-state index contributed by atoms with van der Waals surface area (Å²) in [6.45, 7) is 2.05. The minimum absolute atomic E-state index is 0.0933. The molecule has 132 valence electrons. The number of aromatic nitrogens is 4. The van der Waals surface area contributed by atoms with Crippen LogP contribution in [0, 0.1) is 0 Å². The standard InChI is InChI=1S/C18H16N4O2S2/c1-2-5-11-8-15(23)21-17(19-11)25-10-12-9-16(24)22-13-6-3-4-7-14(13)26-18(22)20-12/h3-4,6-9H,2,5,10H2,1H3,(H,19,21,23). The van der Waals surface area contributed by atoms with Gasteiger partial charge in [0.1, 0.15) is 0 Å². The van der Waals surface area contributed by atoms with Gasteiger partial charge < -0.3 is 4.98 Å². The molecule has 3 heterocycles. The third-order valence-corrected chi connectivity index (χ3v) is 5.81. The number of thioether (sulfide) groups is 1. The molecule has 4 rings (SSSR count). The van der Waals surface area contributed by atoms with Crippen molar-refractivity contribution in [3.8, 4) is 0 Å². The van der Waals surface area contributed by atoms with Gasteiger partial charge in [-0.05, 0) is 18.6 Å². The van der Waals surface area contributed by atoms with Crippen molar-refractivity contribution < 1.29 is 0 Å². The summed E-state index contributed by atoms with van der Waals surface area (Å²) in [6, 6.07) is 10.8. The van der Waals surface area contributed by atoms with Gasteiger partial charge in [-0.3, -0.25) is 14.0 Å².